The predicted octanol–water partition coefficient (Wildman–Crippen LogP) is 2.89. The highest BCUT2D eigenvalue weighted by Crippen LogP contribution is 2.29. The van der Waals surface area contributed by atoms with Crippen LogP contribution in [0, 0.1) is 0 Å². The molecule has 2 aliphatic heterocycles. The molecule has 2 saturated heterocycles. The number of ether oxygens (including phenoxy) is 1. The maximum absolute atomic E-state index is 13.2. The molecule has 162 valence electrons. The van der Waals surface area contributed by atoms with Crippen molar-refractivity contribution in [2.24, 2.45) is 0 Å². The van der Waals surface area contributed by atoms with Crippen molar-refractivity contribution in [3.8, 4) is 5.75 Å². The third-order valence-corrected chi connectivity index (χ3v) is 8.70. The summed E-state index contributed by atoms with van der Waals surface area (Å²) >= 11 is 1.22. The van der Waals surface area contributed by atoms with Crippen molar-refractivity contribution in [1.29, 1.82) is 0 Å². The number of methoxy groups -OCH3 is 1. The molecule has 0 bridgehead atoms. The van der Waals surface area contributed by atoms with E-state index in [4.69, 9.17) is 4.74 Å². The summed E-state index contributed by atoms with van der Waals surface area (Å²) in [5.41, 5.74) is 1.10. The van der Waals surface area contributed by atoms with Gasteiger partial charge in [0.15, 0.2) is 0 Å². The predicted molar refractivity (Wildman–Crippen MR) is 118 cm³/mol. The minimum atomic E-state index is -3.61. The summed E-state index contributed by atoms with van der Waals surface area (Å²) in [5.74, 6) is 0.633. The monoisotopic (exact) mass is 449 g/mol. The van der Waals surface area contributed by atoms with Crippen molar-refractivity contribution < 1.29 is 17.9 Å². The van der Waals surface area contributed by atoms with Gasteiger partial charge in [0.1, 0.15) is 15.5 Å². The van der Waals surface area contributed by atoms with E-state index in [1.54, 1.807) is 23.5 Å². The first-order valence-electron chi connectivity index (χ1n) is 10.3. The molecule has 0 unspecified atom stereocenters. The van der Waals surface area contributed by atoms with E-state index in [9.17, 15) is 13.2 Å². The summed E-state index contributed by atoms with van der Waals surface area (Å²) in [4.78, 5) is 17.8. The number of thiophene rings is 1. The third kappa shape index (κ3) is 4.19. The van der Waals surface area contributed by atoms with Crippen LogP contribution in [-0.2, 0) is 10.0 Å². The third-order valence-electron chi connectivity index (χ3n) is 5.73. The number of sulfonamides is 1. The van der Waals surface area contributed by atoms with Crippen LogP contribution in [0.15, 0.2) is 40.6 Å². The zero-order valence-electron chi connectivity index (χ0n) is 17.1. The molecule has 1 aromatic carbocycles. The van der Waals surface area contributed by atoms with Gasteiger partial charge in [0.25, 0.3) is 5.91 Å². The van der Waals surface area contributed by atoms with Crippen molar-refractivity contribution in [1.82, 2.24) is 9.21 Å². The Labute approximate surface area is 181 Å². The standard InChI is InChI=1S/C21H27N3O4S2/c1-28-18-7-5-17(6-8-18)22-10-4-11-23(15-14-22)21(25)20-19(9-16-29-20)30(26,27)24-12-2-3-13-24/h5-9,16H,2-4,10-15H2,1H3. The van der Waals surface area contributed by atoms with E-state index in [0.717, 1.165) is 37.2 Å². The number of carbonyl (C=O) groups excluding carboxylic acids is 1. The Morgan fingerprint density at radius 1 is 0.933 bits per heavy atom. The highest BCUT2D eigenvalue weighted by molar-refractivity contribution is 7.89. The summed E-state index contributed by atoms with van der Waals surface area (Å²) in [7, 11) is -1.96. The molecule has 0 saturated carbocycles. The Bertz CT molecular complexity index is 982. The average molecular weight is 450 g/mol. The Morgan fingerprint density at radius 3 is 2.37 bits per heavy atom. The van der Waals surface area contributed by atoms with Gasteiger partial charge >= 0.3 is 0 Å². The number of benzene rings is 1. The number of hydrogen-bond acceptors (Lipinski definition) is 6. The Hall–Kier alpha value is -2.10. The molecule has 1 aromatic heterocycles. The first-order chi connectivity index (χ1) is 14.5. The van der Waals surface area contributed by atoms with Crippen LogP contribution in [0.5, 0.6) is 5.75 Å². The molecule has 1 amide bonds. The van der Waals surface area contributed by atoms with E-state index >= 15 is 0 Å². The molecule has 30 heavy (non-hydrogen) atoms. The smallest absolute Gasteiger partial charge is 0.265 e. The number of hydrogen-bond donors (Lipinski definition) is 0. The molecule has 0 N–H and O–H groups in total. The molecular weight excluding hydrogens is 422 g/mol. The summed E-state index contributed by atoms with van der Waals surface area (Å²) in [5, 5.41) is 1.71. The Kier molecular flexibility index (Phi) is 6.31. The second-order valence-electron chi connectivity index (χ2n) is 7.56. The van der Waals surface area contributed by atoms with E-state index in [2.05, 4.69) is 4.90 Å². The van der Waals surface area contributed by atoms with Crippen molar-refractivity contribution in [2.45, 2.75) is 24.2 Å². The van der Waals surface area contributed by atoms with Gasteiger partial charge in [0, 0.05) is 45.0 Å². The van der Waals surface area contributed by atoms with Crippen LogP contribution in [0.3, 0.4) is 0 Å². The highest BCUT2D eigenvalue weighted by Gasteiger charge is 2.33. The van der Waals surface area contributed by atoms with Gasteiger partial charge in [-0.2, -0.15) is 4.31 Å². The average Bonchev–Trinajstić information content (AvgIpc) is 3.42. The number of amides is 1. The molecule has 2 fully saturated rings. The molecule has 0 atom stereocenters. The molecule has 0 spiro atoms. The summed E-state index contributed by atoms with van der Waals surface area (Å²) in [6, 6.07) is 9.49. The molecular formula is C21H27N3O4S2. The molecule has 2 aliphatic rings. The maximum atomic E-state index is 13.2. The molecule has 9 heteroatoms. The summed E-state index contributed by atoms with van der Waals surface area (Å²) in [6.07, 6.45) is 2.58. The Balaban J connectivity index is 1.48. The minimum Gasteiger partial charge on any atom is -0.497 e. The fourth-order valence-corrected chi connectivity index (χ4v) is 6.92. The van der Waals surface area contributed by atoms with Gasteiger partial charge in [-0.25, -0.2) is 8.42 Å². The van der Waals surface area contributed by atoms with Crippen LogP contribution in [0.4, 0.5) is 5.69 Å². The first kappa shape index (κ1) is 21.1. The minimum absolute atomic E-state index is 0.163. The van der Waals surface area contributed by atoms with Gasteiger partial charge in [0.2, 0.25) is 10.0 Å². The lowest BCUT2D eigenvalue weighted by atomic mass is 10.2. The number of anilines is 1. The highest BCUT2D eigenvalue weighted by atomic mass is 32.2. The lowest BCUT2D eigenvalue weighted by Gasteiger charge is -2.24. The zero-order valence-corrected chi connectivity index (χ0v) is 18.8. The molecule has 4 rings (SSSR count). The van der Waals surface area contributed by atoms with Gasteiger partial charge < -0.3 is 14.5 Å². The van der Waals surface area contributed by atoms with Crippen LogP contribution in [0.2, 0.25) is 0 Å². The van der Waals surface area contributed by atoms with Crippen molar-refractivity contribution >= 4 is 33.0 Å². The lowest BCUT2D eigenvalue weighted by molar-refractivity contribution is 0.0768. The zero-order chi connectivity index (χ0) is 21.1. The SMILES string of the molecule is COc1ccc(N2CCCN(C(=O)c3sccc3S(=O)(=O)N3CCCC3)CC2)cc1. The van der Waals surface area contributed by atoms with Gasteiger partial charge in [-0.1, -0.05) is 0 Å². The van der Waals surface area contributed by atoms with Crippen LogP contribution in [0.1, 0.15) is 28.9 Å². The molecule has 0 radical (unpaired) electrons. The molecule has 2 aromatic rings. The summed E-state index contributed by atoms with van der Waals surface area (Å²) < 4.78 is 32.7. The second kappa shape index (κ2) is 8.95. The van der Waals surface area contributed by atoms with Crippen molar-refractivity contribution in [2.75, 3.05) is 51.3 Å². The van der Waals surface area contributed by atoms with Gasteiger partial charge in [-0.05, 0) is 55.0 Å². The molecule has 7 nitrogen and oxygen atoms in total. The van der Waals surface area contributed by atoms with E-state index in [1.165, 1.54) is 15.6 Å². The quantitative estimate of drug-likeness (QED) is 0.702. The molecule has 0 aliphatic carbocycles. The van der Waals surface area contributed by atoms with Gasteiger partial charge in [0.05, 0.1) is 7.11 Å². The normalized spacial score (nSPS) is 18.4. The maximum Gasteiger partial charge on any atom is 0.265 e. The first-order valence-corrected chi connectivity index (χ1v) is 12.6. The van der Waals surface area contributed by atoms with Crippen LogP contribution < -0.4 is 9.64 Å². The van der Waals surface area contributed by atoms with E-state index in [0.29, 0.717) is 37.6 Å². The number of rotatable bonds is 5. The van der Waals surface area contributed by atoms with Gasteiger partial charge in [-0.15, -0.1) is 11.3 Å². The summed E-state index contributed by atoms with van der Waals surface area (Å²) in [6.45, 7) is 3.80. The Morgan fingerprint density at radius 2 is 1.67 bits per heavy atom. The van der Waals surface area contributed by atoms with Crippen LogP contribution in [0.25, 0.3) is 0 Å². The van der Waals surface area contributed by atoms with E-state index in [-0.39, 0.29) is 10.8 Å². The lowest BCUT2D eigenvalue weighted by Crippen LogP contribution is -2.36. The van der Waals surface area contributed by atoms with Crippen LogP contribution in [-0.4, -0.2) is 69.9 Å². The van der Waals surface area contributed by atoms with Gasteiger partial charge in [-0.3, -0.25) is 4.79 Å². The van der Waals surface area contributed by atoms with E-state index in [1.807, 2.05) is 24.3 Å². The van der Waals surface area contributed by atoms with Crippen molar-refractivity contribution in [3.05, 3.63) is 40.6 Å². The molecule has 3 heterocycles. The van der Waals surface area contributed by atoms with Crippen molar-refractivity contribution in [3.63, 3.8) is 0 Å². The number of nitrogens with zero attached hydrogens (tertiary/aromatic N) is 3. The fraction of sp³-hybridized carbons (Fsp3) is 0.476. The fourth-order valence-electron chi connectivity index (χ4n) is 4.04. The topological polar surface area (TPSA) is 70.2 Å². The second-order valence-corrected chi connectivity index (χ2v) is 10.4. The largest absolute Gasteiger partial charge is 0.497 e. The number of carbonyl (C=O) groups is 1. The van der Waals surface area contributed by atoms with E-state index < -0.39 is 10.0 Å². The van der Waals surface area contributed by atoms with Crippen LogP contribution >= 0.6 is 11.3 Å².